The van der Waals surface area contributed by atoms with Crippen molar-refractivity contribution >= 4 is 23.1 Å². The zero-order chi connectivity index (χ0) is 17.0. The van der Waals surface area contributed by atoms with Crippen LogP contribution in [0.15, 0.2) is 24.5 Å². The number of nitrogens with one attached hydrogen (secondary N) is 1. The number of benzene rings is 1. The lowest BCUT2D eigenvalue weighted by Crippen LogP contribution is -2.42. The minimum absolute atomic E-state index is 0.186. The molecule has 2 aromatic rings. The van der Waals surface area contributed by atoms with Crippen molar-refractivity contribution in [3.63, 3.8) is 0 Å². The molecule has 3 heterocycles. The Balaban J connectivity index is 1.67. The fourth-order valence-electron chi connectivity index (χ4n) is 5.00. The highest BCUT2D eigenvalue weighted by Gasteiger charge is 2.45. The molecule has 1 aliphatic carbocycles. The highest BCUT2D eigenvalue weighted by molar-refractivity contribution is 6.30. The predicted octanol–water partition coefficient (Wildman–Crippen LogP) is 3.95. The zero-order valence-corrected chi connectivity index (χ0v) is 15.3. The molecular formula is C20H23ClN4. The fraction of sp³-hybridized carbons (Fsp3) is 0.500. The molecule has 4 nitrogen and oxygen atoms in total. The summed E-state index contributed by atoms with van der Waals surface area (Å²) in [5.41, 5.74) is 5.46. The van der Waals surface area contributed by atoms with Gasteiger partial charge < -0.3 is 10.2 Å². The minimum Gasteiger partial charge on any atom is -0.325 e. The number of rotatable bonds is 1. The third-order valence-electron chi connectivity index (χ3n) is 6.35. The van der Waals surface area contributed by atoms with E-state index in [9.17, 15) is 0 Å². The lowest BCUT2D eigenvalue weighted by molar-refractivity contribution is 0.329. The summed E-state index contributed by atoms with van der Waals surface area (Å²) in [7, 11) is 0. The Morgan fingerprint density at radius 3 is 2.92 bits per heavy atom. The van der Waals surface area contributed by atoms with E-state index in [0.29, 0.717) is 5.92 Å². The number of aryl methyl sites for hydroxylation is 1. The van der Waals surface area contributed by atoms with Crippen LogP contribution >= 0.6 is 11.6 Å². The maximum Gasteiger partial charge on any atom is 0.140 e. The number of piperidine rings is 1. The average molecular weight is 355 g/mol. The largest absolute Gasteiger partial charge is 0.325 e. The molecule has 130 valence electrons. The first-order valence-electron chi connectivity index (χ1n) is 9.30. The summed E-state index contributed by atoms with van der Waals surface area (Å²) in [6.07, 6.45) is 6.30. The van der Waals surface area contributed by atoms with Crippen molar-refractivity contribution in [2.24, 2.45) is 0 Å². The Bertz CT molecular complexity index is 828. The lowest BCUT2D eigenvalue weighted by Gasteiger charge is -2.35. The van der Waals surface area contributed by atoms with Gasteiger partial charge in [0.05, 0.1) is 0 Å². The Kier molecular flexibility index (Phi) is 3.54. The topological polar surface area (TPSA) is 41.1 Å². The molecule has 1 unspecified atom stereocenters. The zero-order valence-electron chi connectivity index (χ0n) is 14.6. The van der Waals surface area contributed by atoms with E-state index in [-0.39, 0.29) is 5.41 Å². The molecule has 0 amide bonds. The van der Waals surface area contributed by atoms with Crippen LogP contribution in [0.5, 0.6) is 0 Å². The van der Waals surface area contributed by atoms with Gasteiger partial charge in [-0.1, -0.05) is 18.5 Å². The van der Waals surface area contributed by atoms with Gasteiger partial charge in [-0.15, -0.1) is 0 Å². The molecule has 5 rings (SSSR count). The van der Waals surface area contributed by atoms with E-state index in [2.05, 4.69) is 34.3 Å². The maximum absolute atomic E-state index is 6.38. The van der Waals surface area contributed by atoms with Gasteiger partial charge >= 0.3 is 0 Å². The predicted molar refractivity (Wildman–Crippen MR) is 101 cm³/mol. The van der Waals surface area contributed by atoms with Gasteiger partial charge in [0, 0.05) is 33.9 Å². The standard InChI is InChI=1S/C20H23ClN4/c1-13-2-4-16-18(13)19(24-12-23-16)25-11-20(6-8-22-9-7-20)15-10-14(21)3-5-17(15)25/h3,5,10,12-13,22H,2,4,6-9,11H2,1H3. The Morgan fingerprint density at radius 1 is 1.24 bits per heavy atom. The second kappa shape index (κ2) is 5.68. The van der Waals surface area contributed by atoms with Crippen LogP contribution in [0.3, 0.4) is 0 Å². The van der Waals surface area contributed by atoms with E-state index in [1.165, 1.54) is 28.9 Å². The van der Waals surface area contributed by atoms with Crippen LogP contribution in [0.1, 0.15) is 48.9 Å². The Morgan fingerprint density at radius 2 is 2.08 bits per heavy atom. The van der Waals surface area contributed by atoms with E-state index >= 15 is 0 Å². The van der Waals surface area contributed by atoms with Crippen LogP contribution in [0.2, 0.25) is 5.02 Å². The molecule has 1 N–H and O–H groups in total. The molecule has 1 atom stereocenters. The molecule has 0 bridgehead atoms. The minimum atomic E-state index is 0.186. The monoisotopic (exact) mass is 354 g/mol. The van der Waals surface area contributed by atoms with E-state index < -0.39 is 0 Å². The van der Waals surface area contributed by atoms with Crippen molar-refractivity contribution in [3.05, 3.63) is 46.4 Å². The van der Waals surface area contributed by atoms with Gasteiger partial charge in [-0.3, -0.25) is 0 Å². The summed E-state index contributed by atoms with van der Waals surface area (Å²) in [6.45, 7) is 5.44. The number of aromatic nitrogens is 2. The van der Waals surface area contributed by atoms with Crippen LogP contribution in [-0.4, -0.2) is 29.6 Å². The number of fused-ring (bicyclic) bond motifs is 3. The van der Waals surface area contributed by atoms with Crippen molar-refractivity contribution < 1.29 is 0 Å². The fourth-order valence-corrected chi connectivity index (χ4v) is 5.17. The Labute approximate surface area is 153 Å². The van der Waals surface area contributed by atoms with Gasteiger partial charge in [-0.25, -0.2) is 9.97 Å². The maximum atomic E-state index is 6.38. The molecule has 1 saturated heterocycles. The summed E-state index contributed by atoms with van der Waals surface area (Å²) in [5.74, 6) is 1.65. The summed E-state index contributed by atoms with van der Waals surface area (Å²) in [5, 5.41) is 4.34. The summed E-state index contributed by atoms with van der Waals surface area (Å²) in [6, 6.07) is 6.38. The highest BCUT2D eigenvalue weighted by atomic mass is 35.5. The molecular weight excluding hydrogens is 332 g/mol. The summed E-state index contributed by atoms with van der Waals surface area (Å²) >= 11 is 6.38. The smallest absolute Gasteiger partial charge is 0.140 e. The van der Waals surface area contributed by atoms with Gasteiger partial charge in [0.1, 0.15) is 12.1 Å². The van der Waals surface area contributed by atoms with Crippen LogP contribution in [0, 0.1) is 0 Å². The van der Waals surface area contributed by atoms with Gasteiger partial charge in [0.25, 0.3) is 0 Å². The van der Waals surface area contributed by atoms with Gasteiger partial charge in [0.2, 0.25) is 0 Å². The van der Waals surface area contributed by atoms with Crippen molar-refractivity contribution in [1.82, 2.24) is 15.3 Å². The first kappa shape index (κ1) is 15.6. The van der Waals surface area contributed by atoms with E-state index in [4.69, 9.17) is 16.6 Å². The molecule has 1 spiro atoms. The van der Waals surface area contributed by atoms with E-state index in [0.717, 1.165) is 49.7 Å². The molecule has 3 aliphatic rings. The van der Waals surface area contributed by atoms with E-state index in [1.54, 1.807) is 6.33 Å². The quantitative estimate of drug-likeness (QED) is 0.841. The number of nitrogens with zero attached hydrogens (tertiary/aromatic N) is 3. The molecule has 2 aliphatic heterocycles. The van der Waals surface area contributed by atoms with Gasteiger partial charge in [0.15, 0.2) is 0 Å². The molecule has 25 heavy (non-hydrogen) atoms. The first-order valence-corrected chi connectivity index (χ1v) is 9.68. The highest BCUT2D eigenvalue weighted by Crippen LogP contribution is 2.51. The van der Waals surface area contributed by atoms with E-state index in [1.807, 2.05) is 6.07 Å². The number of anilines is 2. The molecule has 0 saturated carbocycles. The number of hydrogen-bond donors (Lipinski definition) is 1. The first-order chi connectivity index (χ1) is 12.2. The van der Waals surface area contributed by atoms with Crippen LogP contribution in [0.4, 0.5) is 11.5 Å². The third-order valence-corrected chi connectivity index (χ3v) is 6.59. The van der Waals surface area contributed by atoms with Crippen LogP contribution < -0.4 is 10.2 Å². The summed E-state index contributed by atoms with van der Waals surface area (Å²) < 4.78 is 0. The van der Waals surface area contributed by atoms with Crippen molar-refractivity contribution in [3.8, 4) is 0 Å². The lowest BCUT2D eigenvalue weighted by atomic mass is 9.75. The second-order valence-corrected chi connectivity index (χ2v) is 8.21. The summed E-state index contributed by atoms with van der Waals surface area (Å²) in [4.78, 5) is 11.7. The third kappa shape index (κ3) is 2.31. The van der Waals surface area contributed by atoms with Crippen molar-refractivity contribution in [2.45, 2.75) is 43.9 Å². The molecule has 5 heteroatoms. The SMILES string of the molecule is CC1CCc2ncnc(N3CC4(CCNCC4)c4cc(Cl)ccc43)c21. The molecule has 0 radical (unpaired) electrons. The van der Waals surface area contributed by atoms with Crippen LogP contribution in [0.25, 0.3) is 0 Å². The Hall–Kier alpha value is -1.65. The average Bonchev–Trinajstić information content (AvgIpc) is 3.15. The van der Waals surface area contributed by atoms with Crippen molar-refractivity contribution in [1.29, 1.82) is 0 Å². The number of halogens is 1. The van der Waals surface area contributed by atoms with Gasteiger partial charge in [-0.05, 0) is 68.5 Å². The molecule has 1 aromatic heterocycles. The normalized spacial score (nSPS) is 23.8. The van der Waals surface area contributed by atoms with Crippen molar-refractivity contribution in [2.75, 3.05) is 24.5 Å². The molecule has 1 aromatic carbocycles. The molecule has 1 fully saturated rings. The van der Waals surface area contributed by atoms with Gasteiger partial charge in [-0.2, -0.15) is 0 Å². The second-order valence-electron chi connectivity index (χ2n) is 7.78. The van der Waals surface area contributed by atoms with Crippen LogP contribution in [-0.2, 0) is 11.8 Å². The number of hydrogen-bond acceptors (Lipinski definition) is 4.